The predicted molar refractivity (Wildman–Crippen MR) is 193 cm³/mol. The van der Waals surface area contributed by atoms with Gasteiger partial charge in [0.1, 0.15) is 5.82 Å². The van der Waals surface area contributed by atoms with E-state index in [9.17, 15) is 28.8 Å². The van der Waals surface area contributed by atoms with Crippen LogP contribution in [0.5, 0.6) is 0 Å². The number of aliphatic carboxylic acids is 4. The summed E-state index contributed by atoms with van der Waals surface area (Å²) in [5, 5.41) is 34.2. The number of para-hydroxylation sites is 2. The number of benzene rings is 2. The fourth-order valence-electron chi connectivity index (χ4n) is 5.38. The summed E-state index contributed by atoms with van der Waals surface area (Å²) >= 11 is 0. The van der Waals surface area contributed by atoms with E-state index >= 15 is 0 Å². The molecule has 0 spiro atoms. The maximum Gasteiger partial charge on any atom is 0.328 e. The Hall–Kier alpha value is -5.67. The van der Waals surface area contributed by atoms with Crippen LogP contribution in [0.2, 0.25) is 0 Å². The molecular formula is C37H47N5O10. The van der Waals surface area contributed by atoms with Gasteiger partial charge in [-0.15, -0.1) is 0 Å². The molecule has 2 aromatic carbocycles. The molecule has 52 heavy (non-hydrogen) atoms. The first-order chi connectivity index (χ1) is 24.8. The topological polar surface area (TPSA) is 220 Å². The van der Waals surface area contributed by atoms with Gasteiger partial charge in [-0.2, -0.15) is 0 Å². The zero-order valence-electron chi connectivity index (χ0n) is 29.4. The number of aromatic nitrogens is 2. The van der Waals surface area contributed by atoms with Crippen molar-refractivity contribution in [1.82, 2.24) is 24.7 Å². The summed E-state index contributed by atoms with van der Waals surface area (Å²) in [6.07, 6.45) is 5.81. The maximum absolute atomic E-state index is 12.8. The smallest absolute Gasteiger partial charge is 0.328 e. The normalized spacial score (nSPS) is 14.6. The minimum Gasteiger partial charge on any atom is -0.478 e. The van der Waals surface area contributed by atoms with Crippen molar-refractivity contribution < 1.29 is 49.2 Å². The van der Waals surface area contributed by atoms with E-state index in [0.717, 1.165) is 74.4 Å². The predicted octanol–water partition coefficient (Wildman–Crippen LogP) is 3.55. The molecule has 4 rings (SSSR count). The Morgan fingerprint density at radius 2 is 1.37 bits per heavy atom. The number of fused-ring (bicyclic) bond motifs is 1. The van der Waals surface area contributed by atoms with E-state index in [1.165, 1.54) is 0 Å². The average Bonchev–Trinajstić information content (AvgIpc) is 3.46. The number of ketones is 1. The Morgan fingerprint density at radius 1 is 0.788 bits per heavy atom. The lowest BCUT2D eigenvalue weighted by molar-refractivity contribution is -0.134. The van der Waals surface area contributed by atoms with Crippen molar-refractivity contribution in [3.8, 4) is 0 Å². The molecule has 15 nitrogen and oxygen atoms in total. The molecule has 1 aliphatic heterocycles. The number of carboxylic acids is 4. The van der Waals surface area contributed by atoms with Gasteiger partial charge in [-0.3, -0.25) is 19.4 Å². The number of nitrogens with one attached hydrogen (secondary N) is 1. The van der Waals surface area contributed by atoms with Gasteiger partial charge in [-0.1, -0.05) is 62.7 Å². The number of carbonyl (C=O) groups is 6. The molecule has 0 radical (unpaired) electrons. The van der Waals surface area contributed by atoms with Crippen molar-refractivity contribution in [1.29, 1.82) is 0 Å². The highest BCUT2D eigenvalue weighted by Crippen LogP contribution is 2.22. The van der Waals surface area contributed by atoms with Crippen molar-refractivity contribution in [3.63, 3.8) is 0 Å². The molecule has 280 valence electrons. The minimum absolute atomic E-state index is 0.116. The highest BCUT2D eigenvalue weighted by Gasteiger charge is 2.29. The summed E-state index contributed by atoms with van der Waals surface area (Å²) in [5.41, 5.74) is 2.80. The molecule has 1 aromatic heterocycles. The van der Waals surface area contributed by atoms with Crippen molar-refractivity contribution >= 4 is 46.6 Å². The third kappa shape index (κ3) is 15.9. The van der Waals surface area contributed by atoms with E-state index in [4.69, 9.17) is 25.4 Å². The van der Waals surface area contributed by atoms with Crippen LogP contribution in [0.3, 0.4) is 0 Å². The second-order valence-corrected chi connectivity index (χ2v) is 11.7. The fraction of sp³-hybridized carbons (Fsp3) is 0.378. The highest BCUT2D eigenvalue weighted by atomic mass is 16.4. The Labute approximate surface area is 301 Å². The summed E-state index contributed by atoms with van der Waals surface area (Å²) in [7, 11) is 0. The molecule has 0 bridgehead atoms. The summed E-state index contributed by atoms with van der Waals surface area (Å²) in [6.45, 7) is 9.50. The largest absolute Gasteiger partial charge is 0.478 e. The second kappa shape index (κ2) is 22.9. The maximum atomic E-state index is 12.8. The number of imidazole rings is 1. The molecule has 1 unspecified atom stereocenters. The molecule has 2 heterocycles. The van der Waals surface area contributed by atoms with Crippen LogP contribution in [0.1, 0.15) is 55.7 Å². The van der Waals surface area contributed by atoms with Gasteiger partial charge in [0, 0.05) is 75.1 Å². The lowest BCUT2D eigenvalue weighted by Crippen LogP contribution is -2.54. The van der Waals surface area contributed by atoms with Crippen LogP contribution in [0.4, 0.5) is 0 Å². The van der Waals surface area contributed by atoms with Gasteiger partial charge in [-0.25, -0.2) is 24.2 Å². The van der Waals surface area contributed by atoms with E-state index in [1.807, 2.05) is 48.5 Å². The number of nitrogens with zero attached hydrogens (tertiary/aromatic N) is 4. The summed E-state index contributed by atoms with van der Waals surface area (Å²) in [4.78, 5) is 73.1. The van der Waals surface area contributed by atoms with E-state index in [0.29, 0.717) is 49.9 Å². The quantitative estimate of drug-likeness (QED) is 0.106. The van der Waals surface area contributed by atoms with Gasteiger partial charge in [0.25, 0.3) is 0 Å². The molecule has 15 heteroatoms. The summed E-state index contributed by atoms with van der Waals surface area (Å²) in [5.74, 6) is -3.75. The Kier molecular flexibility index (Phi) is 18.7. The Balaban J connectivity index is 0.000000487. The molecule has 1 fully saturated rings. The van der Waals surface area contributed by atoms with E-state index in [2.05, 4.69) is 39.6 Å². The zero-order valence-corrected chi connectivity index (χ0v) is 29.4. The lowest BCUT2D eigenvalue weighted by atomic mass is 10.1. The van der Waals surface area contributed by atoms with Crippen molar-refractivity contribution in [2.75, 3.05) is 32.7 Å². The van der Waals surface area contributed by atoms with Crippen LogP contribution >= 0.6 is 0 Å². The third-order valence-corrected chi connectivity index (χ3v) is 7.72. The van der Waals surface area contributed by atoms with Gasteiger partial charge in [0.2, 0.25) is 5.91 Å². The molecule has 3 aromatic rings. The first kappa shape index (κ1) is 42.5. The number of amides is 1. The number of carboxylic acid groups (broad SMARTS) is 4. The number of Topliss-reactive ketones (excluding diaryl/α,β-unsaturated/α-hetero) is 1. The minimum atomic E-state index is -1.26. The Morgan fingerprint density at radius 3 is 1.92 bits per heavy atom. The number of rotatable bonds is 16. The van der Waals surface area contributed by atoms with E-state index in [1.54, 1.807) is 0 Å². The SMILES string of the molecule is CCCNC(=O)CN1CCN(Cc2nc3ccccc3n2CCC(=O)c2ccccc2)C(CCC)C1.O=C(O)/C=C/C(=O)O.O=C(O)/C=C/C(=O)O. The van der Waals surface area contributed by atoms with Gasteiger partial charge < -0.3 is 30.3 Å². The zero-order chi connectivity index (χ0) is 38.5. The third-order valence-electron chi connectivity index (χ3n) is 7.72. The second-order valence-electron chi connectivity index (χ2n) is 11.7. The van der Waals surface area contributed by atoms with Crippen molar-refractivity contribution in [2.24, 2.45) is 0 Å². The number of hydrogen-bond acceptors (Lipinski definition) is 9. The van der Waals surface area contributed by atoms with E-state index in [-0.39, 0.29) is 11.7 Å². The monoisotopic (exact) mass is 721 g/mol. The van der Waals surface area contributed by atoms with Crippen LogP contribution < -0.4 is 5.32 Å². The van der Waals surface area contributed by atoms with Crippen LogP contribution in [-0.4, -0.2) is 114 Å². The van der Waals surface area contributed by atoms with Gasteiger partial charge in [0.05, 0.1) is 24.1 Å². The first-order valence-corrected chi connectivity index (χ1v) is 16.9. The number of aryl methyl sites for hydroxylation is 1. The number of carbonyl (C=O) groups excluding carboxylic acids is 2. The molecule has 1 aliphatic rings. The molecule has 1 saturated heterocycles. The van der Waals surface area contributed by atoms with Crippen LogP contribution in [0.25, 0.3) is 11.0 Å². The van der Waals surface area contributed by atoms with Gasteiger partial charge in [0.15, 0.2) is 5.78 Å². The standard InChI is InChI=1S/C29H39N5O2.2C4H4O4/c1-3-10-24-20-32(22-29(36)30-16-4-2)18-19-33(24)21-28-31-25-13-8-9-14-26(25)34(28)17-15-27(35)23-11-6-5-7-12-23;2*5-3(6)1-2-4(7)8/h5-9,11-14,24H,3-4,10,15-22H2,1-2H3,(H,30,36);2*1-2H,(H,5,6)(H,7,8)/b;2*2-1+. The fourth-order valence-corrected chi connectivity index (χ4v) is 5.38. The molecule has 1 atom stereocenters. The summed E-state index contributed by atoms with van der Waals surface area (Å²) in [6, 6.07) is 18.1. The molecular weight excluding hydrogens is 674 g/mol. The van der Waals surface area contributed by atoms with E-state index < -0.39 is 23.9 Å². The van der Waals surface area contributed by atoms with Gasteiger partial charge in [-0.05, 0) is 25.0 Å². The van der Waals surface area contributed by atoms with Crippen molar-refractivity contribution in [2.45, 2.75) is 58.7 Å². The van der Waals surface area contributed by atoms with Crippen LogP contribution in [-0.2, 0) is 37.1 Å². The lowest BCUT2D eigenvalue weighted by Gasteiger charge is -2.41. The molecule has 1 amide bonds. The first-order valence-electron chi connectivity index (χ1n) is 16.9. The Bertz CT molecular complexity index is 1640. The highest BCUT2D eigenvalue weighted by molar-refractivity contribution is 5.96. The van der Waals surface area contributed by atoms with Crippen LogP contribution in [0, 0.1) is 0 Å². The number of hydrogen-bond donors (Lipinski definition) is 5. The van der Waals surface area contributed by atoms with Crippen molar-refractivity contribution in [3.05, 3.63) is 90.3 Å². The molecule has 5 N–H and O–H groups in total. The summed E-state index contributed by atoms with van der Waals surface area (Å²) < 4.78 is 2.23. The molecule has 0 aliphatic carbocycles. The molecule has 0 saturated carbocycles. The average molecular weight is 722 g/mol. The number of piperazine rings is 1. The van der Waals surface area contributed by atoms with Crippen LogP contribution in [0.15, 0.2) is 78.9 Å². The van der Waals surface area contributed by atoms with Gasteiger partial charge >= 0.3 is 23.9 Å².